The van der Waals surface area contributed by atoms with E-state index in [4.69, 9.17) is 0 Å². The number of fused-ring (bicyclic) bond motifs is 1. The molecule has 36 heavy (non-hydrogen) atoms. The molecule has 0 amide bonds. The molecule has 0 heteroatoms. The van der Waals surface area contributed by atoms with Crippen molar-refractivity contribution in [3.8, 4) is 44.5 Å². The van der Waals surface area contributed by atoms with Crippen molar-refractivity contribution in [1.29, 1.82) is 0 Å². The Hall–Kier alpha value is -4.42. The predicted octanol–water partition coefficient (Wildman–Crippen LogP) is 10.2. The fraction of sp³-hybridized carbons (Fsp3) is 0.0556. The molecular weight excluding hydrogens is 432 g/mol. The molecule has 172 valence electrons. The van der Waals surface area contributed by atoms with E-state index in [2.05, 4.69) is 146 Å². The van der Waals surface area contributed by atoms with E-state index in [0.717, 1.165) is 12.8 Å². The van der Waals surface area contributed by atoms with Crippen LogP contribution in [0.25, 0.3) is 56.7 Å². The third-order valence-corrected chi connectivity index (χ3v) is 6.90. The van der Waals surface area contributed by atoms with Crippen LogP contribution in [0.5, 0.6) is 0 Å². The fourth-order valence-corrected chi connectivity index (χ4v) is 5.33. The van der Waals surface area contributed by atoms with Gasteiger partial charge in [-0.2, -0.15) is 0 Å². The maximum atomic E-state index is 2.36. The Labute approximate surface area is 213 Å². The largest absolute Gasteiger partial charge is 0.0836 e. The van der Waals surface area contributed by atoms with Crippen LogP contribution >= 0.6 is 0 Å². The maximum Gasteiger partial charge on any atom is -0.00141 e. The highest BCUT2D eigenvalue weighted by Crippen LogP contribution is 2.50. The van der Waals surface area contributed by atoms with E-state index in [1.807, 2.05) is 0 Å². The lowest BCUT2D eigenvalue weighted by molar-refractivity contribution is 1.06. The van der Waals surface area contributed by atoms with E-state index >= 15 is 0 Å². The van der Waals surface area contributed by atoms with E-state index in [-0.39, 0.29) is 0 Å². The van der Waals surface area contributed by atoms with Crippen LogP contribution in [0, 0.1) is 0 Å². The minimum atomic E-state index is 1.05. The Kier molecular flexibility index (Phi) is 6.17. The molecule has 1 aliphatic carbocycles. The summed E-state index contributed by atoms with van der Waals surface area (Å²) in [5.41, 5.74) is 12.7. The highest BCUT2D eigenvalue weighted by molar-refractivity contribution is 6.08. The van der Waals surface area contributed by atoms with Gasteiger partial charge in [-0.05, 0) is 68.5 Å². The SMILES string of the molecule is C1=C\c2c(c(-c3ccccc3)c(-c3ccccc3)c(-c3ccccc3)c2-c2ccccc2)/C=C\CC/1. The first-order valence-electron chi connectivity index (χ1n) is 12.7. The molecule has 0 heterocycles. The van der Waals surface area contributed by atoms with Gasteiger partial charge in [-0.15, -0.1) is 0 Å². The molecule has 0 aliphatic heterocycles. The Morgan fingerprint density at radius 1 is 0.306 bits per heavy atom. The first-order chi connectivity index (χ1) is 17.9. The first kappa shape index (κ1) is 22.1. The smallest absolute Gasteiger partial charge is 0.00141 e. The second-order valence-electron chi connectivity index (χ2n) is 9.17. The summed E-state index contributed by atoms with van der Waals surface area (Å²) in [5, 5.41) is 0. The third kappa shape index (κ3) is 4.12. The lowest BCUT2D eigenvalue weighted by Gasteiger charge is -2.26. The zero-order valence-electron chi connectivity index (χ0n) is 20.3. The predicted molar refractivity (Wildman–Crippen MR) is 155 cm³/mol. The van der Waals surface area contributed by atoms with Crippen molar-refractivity contribution < 1.29 is 0 Å². The molecule has 0 nitrogen and oxygen atoms in total. The maximum absolute atomic E-state index is 2.36. The van der Waals surface area contributed by atoms with E-state index in [1.54, 1.807) is 0 Å². The topological polar surface area (TPSA) is 0 Å². The van der Waals surface area contributed by atoms with Crippen LogP contribution in [0.4, 0.5) is 0 Å². The van der Waals surface area contributed by atoms with Gasteiger partial charge in [-0.3, -0.25) is 0 Å². The monoisotopic (exact) mass is 460 g/mol. The average Bonchev–Trinajstić information content (AvgIpc) is 2.94. The number of allylic oxidation sites excluding steroid dienone is 2. The molecule has 5 aromatic rings. The highest BCUT2D eigenvalue weighted by Gasteiger charge is 2.25. The molecule has 0 unspecified atom stereocenters. The average molecular weight is 461 g/mol. The summed E-state index contributed by atoms with van der Waals surface area (Å²) >= 11 is 0. The second-order valence-corrected chi connectivity index (χ2v) is 9.17. The van der Waals surface area contributed by atoms with E-state index < -0.39 is 0 Å². The molecule has 0 aromatic heterocycles. The summed E-state index contributed by atoms with van der Waals surface area (Å²) in [6, 6.07) is 43.5. The lowest BCUT2D eigenvalue weighted by Crippen LogP contribution is -2.02. The molecule has 1 aliphatic rings. The van der Waals surface area contributed by atoms with Gasteiger partial charge in [0.1, 0.15) is 0 Å². The molecule has 0 N–H and O–H groups in total. The molecular formula is C36H28. The summed E-state index contributed by atoms with van der Waals surface area (Å²) in [4.78, 5) is 0. The number of benzene rings is 5. The number of hydrogen-bond donors (Lipinski definition) is 0. The van der Waals surface area contributed by atoms with Crippen LogP contribution in [-0.2, 0) is 0 Å². The van der Waals surface area contributed by atoms with Gasteiger partial charge in [0.25, 0.3) is 0 Å². The van der Waals surface area contributed by atoms with Gasteiger partial charge in [-0.1, -0.05) is 146 Å². The van der Waals surface area contributed by atoms with E-state index in [1.165, 1.54) is 55.6 Å². The van der Waals surface area contributed by atoms with Gasteiger partial charge in [0.05, 0.1) is 0 Å². The first-order valence-corrected chi connectivity index (χ1v) is 12.7. The third-order valence-electron chi connectivity index (χ3n) is 6.90. The Morgan fingerprint density at radius 2 is 0.583 bits per heavy atom. The van der Waals surface area contributed by atoms with Crippen molar-refractivity contribution in [3.63, 3.8) is 0 Å². The minimum absolute atomic E-state index is 1.05. The molecule has 0 spiro atoms. The molecule has 0 radical (unpaired) electrons. The van der Waals surface area contributed by atoms with Crippen molar-refractivity contribution in [3.05, 3.63) is 145 Å². The van der Waals surface area contributed by atoms with E-state index in [9.17, 15) is 0 Å². The van der Waals surface area contributed by atoms with Gasteiger partial charge < -0.3 is 0 Å². The van der Waals surface area contributed by atoms with Gasteiger partial charge in [0, 0.05) is 0 Å². The minimum Gasteiger partial charge on any atom is -0.0836 e. The van der Waals surface area contributed by atoms with Gasteiger partial charge >= 0.3 is 0 Å². The van der Waals surface area contributed by atoms with Gasteiger partial charge in [0.15, 0.2) is 0 Å². The summed E-state index contributed by atoms with van der Waals surface area (Å²) in [5.74, 6) is 0. The molecule has 6 rings (SSSR count). The van der Waals surface area contributed by atoms with Crippen molar-refractivity contribution in [2.45, 2.75) is 12.8 Å². The van der Waals surface area contributed by atoms with Crippen molar-refractivity contribution in [2.75, 3.05) is 0 Å². The summed E-state index contributed by atoms with van der Waals surface area (Å²) < 4.78 is 0. The van der Waals surface area contributed by atoms with Crippen LogP contribution in [0.1, 0.15) is 24.0 Å². The fourth-order valence-electron chi connectivity index (χ4n) is 5.33. The Balaban J connectivity index is 1.88. The van der Waals surface area contributed by atoms with Gasteiger partial charge in [0.2, 0.25) is 0 Å². The van der Waals surface area contributed by atoms with Crippen LogP contribution in [-0.4, -0.2) is 0 Å². The van der Waals surface area contributed by atoms with Crippen molar-refractivity contribution in [2.24, 2.45) is 0 Å². The Bertz CT molecular complexity index is 1400. The normalized spacial score (nSPS) is 14.3. The Morgan fingerprint density at radius 3 is 0.889 bits per heavy atom. The zero-order chi connectivity index (χ0) is 24.2. The summed E-state index contributed by atoms with van der Waals surface area (Å²) in [6.07, 6.45) is 11.5. The highest BCUT2D eigenvalue weighted by atomic mass is 14.3. The van der Waals surface area contributed by atoms with E-state index in [0.29, 0.717) is 0 Å². The van der Waals surface area contributed by atoms with Crippen LogP contribution in [0.3, 0.4) is 0 Å². The van der Waals surface area contributed by atoms with Crippen molar-refractivity contribution in [1.82, 2.24) is 0 Å². The zero-order valence-corrected chi connectivity index (χ0v) is 20.3. The molecule has 0 atom stereocenters. The molecule has 0 fully saturated rings. The number of rotatable bonds is 4. The summed E-state index contributed by atoms with van der Waals surface area (Å²) in [7, 11) is 0. The summed E-state index contributed by atoms with van der Waals surface area (Å²) in [6.45, 7) is 0. The van der Waals surface area contributed by atoms with Crippen molar-refractivity contribution >= 4 is 12.2 Å². The standard InChI is InChI=1S/C36H28/c1-2-16-26-32-31(25-15-1)33(27-17-7-3-8-18-27)35(29-21-11-5-12-22-29)36(30-23-13-6-14-24-30)34(32)28-19-9-4-10-20-28/h3-26H,1-2H2/b25-15-,26-16-. The second kappa shape index (κ2) is 10.1. The van der Waals surface area contributed by atoms with Gasteiger partial charge in [-0.25, -0.2) is 0 Å². The quantitative estimate of drug-likeness (QED) is 0.250. The lowest BCUT2D eigenvalue weighted by atomic mass is 9.76. The van der Waals surface area contributed by atoms with Crippen LogP contribution in [0.15, 0.2) is 133 Å². The molecule has 5 aromatic carbocycles. The molecule has 0 bridgehead atoms. The van der Waals surface area contributed by atoms with Crippen LogP contribution in [0.2, 0.25) is 0 Å². The number of hydrogen-bond acceptors (Lipinski definition) is 0. The molecule has 0 saturated carbocycles. The van der Waals surface area contributed by atoms with Crippen LogP contribution < -0.4 is 0 Å². The molecule has 0 saturated heterocycles.